The van der Waals surface area contributed by atoms with Gasteiger partial charge in [0.05, 0.1) is 83.5 Å². The van der Waals surface area contributed by atoms with E-state index in [-0.39, 0.29) is 45.3 Å². The first-order valence-corrected chi connectivity index (χ1v) is 28.6. The van der Waals surface area contributed by atoms with Crippen molar-refractivity contribution in [1.29, 1.82) is 0 Å². The fourth-order valence-corrected chi connectivity index (χ4v) is 15.6. The van der Waals surface area contributed by atoms with Gasteiger partial charge in [-0.15, -0.1) is 0 Å². The van der Waals surface area contributed by atoms with Crippen LogP contribution in [0, 0.1) is 23.7 Å². The molecule has 12 heterocycles. The predicted octanol–water partition coefficient (Wildman–Crippen LogP) is 5.70. The Bertz CT molecular complexity index is 2480. The summed E-state index contributed by atoms with van der Waals surface area (Å²) in [6, 6.07) is 30.1. The fraction of sp³-hybridized carbons (Fsp3) is 0.517. The summed E-state index contributed by atoms with van der Waals surface area (Å²) < 4.78 is 42.5. The van der Waals surface area contributed by atoms with Crippen LogP contribution >= 0.6 is 0 Å². The highest BCUT2D eigenvalue weighted by Gasteiger charge is 2.55. The Morgan fingerprint density at radius 1 is 0.382 bits per heavy atom. The number of carbonyl (C=O) groups excluding carboxylic acids is 4. The largest absolute Gasteiger partial charge is 0.781 e. The molecule has 2 unspecified atom stereocenters. The van der Waals surface area contributed by atoms with Crippen LogP contribution in [-0.2, 0) is 18.6 Å². The van der Waals surface area contributed by atoms with E-state index in [0.717, 1.165) is 47.8 Å². The van der Waals surface area contributed by atoms with Crippen LogP contribution in [0.1, 0.15) is 131 Å². The molecule has 18 heteroatoms. The van der Waals surface area contributed by atoms with E-state index < -0.39 is 37.8 Å². The summed E-state index contributed by atoms with van der Waals surface area (Å²) in [5, 5.41) is 0. The summed E-state index contributed by atoms with van der Waals surface area (Å²) in [4.78, 5) is 57.8. The molecule has 0 amide bonds. The number of carbonyl (C=O) groups is 4. The molecule has 2 N–H and O–H groups in total. The minimum absolute atomic E-state index is 0.251. The number of benzene rings is 4. The van der Waals surface area contributed by atoms with Crippen molar-refractivity contribution in [2.75, 3.05) is 52.4 Å². The van der Waals surface area contributed by atoms with Gasteiger partial charge in [-0.2, -0.15) is 0 Å². The molecule has 76 heavy (non-hydrogen) atoms. The third kappa shape index (κ3) is 9.61. The van der Waals surface area contributed by atoms with Gasteiger partial charge in [-0.3, -0.25) is 29.0 Å². The number of fused-ring (bicyclic) bond motifs is 16. The lowest BCUT2D eigenvalue weighted by molar-refractivity contribution is -0.945. The van der Waals surface area contributed by atoms with Crippen molar-refractivity contribution in [3.63, 3.8) is 0 Å². The van der Waals surface area contributed by atoms with E-state index in [0.29, 0.717) is 0 Å². The Morgan fingerprint density at radius 3 is 1.07 bits per heavy atom. The van der Waals surface area contributed by atoms with Gasteiger partial charge in [0.15, 0.2) is 0 Å². The molecule has 16 nitrogen and oxygen atoms in total. The summed E-state index contributed by atoms with van der Waals surface area (Å²) >= 11 is 0. The number of rotatable bonds is 0. The highest BCUT2D eigenvalue weighted by molar-refractivity contribution is 6.62. The second-order valence-electron chi connectivity index (χ2n) is 23.3. The van der Waals surface area contributed by atoms with E-state index in [1.807, 2.05) is 9.80 Å². The molecule has 2 spiro atoms. The maximum absolute atomic E-state index is 12.0. The third-order valence-electron chi connectivity index (χ3n) is 18.8. The van der Waals surface area contributed by atoms with Crippen molar-refractivity contribution in [3.8, 4) is 23.0 Å². The lowest BCUT2D eigenvalue weighted by atomic mass is 9.71. The molecule has 8 saturated heterocycles. The quantitative estimate of drug-likeness (QED) is 0.207. The molecule has 0 aromatic heterocycles. The standard InChI is InChI=1S/2C15H26N2.2C14H8BO6/c2*1-3-7-16-11-13-9-12(14(16)5-1)10-17-8-4-2-6-15(13)17;2*16-13-9-5-1-3-7-11(9)18-15(20-13)19-12-8-4-2-6-10(12)14(17)21-15/h2*12-15H,1-11H2;2*1-8H/q;;2*-1/p+2/t2*12-,13-,14-,15+;;/m00../s1. The number of para-hydroxylation sites is 4. The van der Waals surface area contributed by atoms with Gasteiger partial charge in [0.1, 0.15) is 0 Å². The van der Waals surface area contributed by atoms with Crippen molar-refractivity contribution in [3.05, 3.63) is 119 Å². The second-order valence-corrected chi connectivity index (χ2v) is 23.3. The number of hydrogen-bond donors (Lipinski definition) is 2. The van der Waals surface area contributed by atoms with Crippen LogP contribution in [0.3, 0.4) is 0 Å². The second kappa shape index (κ2) is 20.7. The molecule has 4 aromatic rings. The van der Waals surface area contributed by atoms with Crippen LogP contribution in [0.4, 0.5) is 0 Å². The molecule has 0 saturated carbocycles. The lowest BCUT2D eigenvalue weighted by Crippen LogP contribution is -3.19. The Balaban J connectivity index is 0.0000000975. The predicted molar refractivity (Wildman–Crippen MR) is 280 cm³/mol. The van der Waals surface area contributed by atoms with E-state index in [9.17, 15) is 19.2 Å². The summed E-state index contributed by atoms with van der Waals surface area (Å²) in [7, 11) is 0. The van der Waals surface area contributed by atoms with Crippen molar-refractivity contribution < 1.29 is 66.2 Å². The molecule has 16 rings (SSSR count). The molecule has 12 aliphatic heterocycles. The van der Waals surface area contributed by atoms with Crippen LogP contribution in [0.25, 0.3) is 0 Å². The summed E-state index contributed by atoms with van der Waals surface area (Å²) in [5.74, 6) is 2.57. The SMILES string of the molecule is C1CCN2C[C@@H]3C[C@@H](C[NH+]4CCCC[C@@H]34)[C@H]2C1.C1CCN2C[C@@H]3C[C@@H](C[NH+]4CCCC[C@@H]34)[C@H]2C1.O=C1O[B-]2(OC(=O)c3ccccc3O2)Oc2ccccc21.O=C1O[B-]2(OC(=O)c3ccccc3O2)Oc2ccccc21. The van der Waals surface area contributed by atoms with Gasteiger partial charge in [-0.05, 0) is 139 Å². The van der Waals surface area contributed by atoms with Crippen LogP contribution in [0.15, 0.2) is 97.1 Å². The van der Waals surface area contributed by atoms with E-state index in [1.54, 1.807) is 110 Å². The molecular formula is C58H70B2N4O12. The fourth-order valence-electron chi connectivity index (χ4n) is 15.6. The minimum Gasteiger partial charge on any atom is -0.610 e. The van der Waals surface area contributed by atoms with Gasteiger partial charge in [-0.1, -0.05) is 61.4 Å². The minimum atomic E-state index is -2.97. The molecule has 0 radical (unpaired) electrons. The van der Waals surface area contributed by atoms with E-state index in [4.69, 9.17) is 37.2 Å². The summed E-state index contributed by atoms with van der Waals surface area (Å²) in [6.07, 6.45) is 21.2. The molecule has 8 fully saturated rings. The topological polar surface area (TPSA) is 157 Å². The zero-order chi connectivity index (χ0) is 51.4. The van der Waals surface area contributed by atoms with Crippen molar-refractivity contribution >= 4 is 37.8 Å². The maximum Gasteiger partial charge on any atom is 0.781 e. The van der Waals surface area contributed by atoms with Crippen LogP contribution < -0.4 is 28.4 Å². The zero-order valence-electron chi connectivity index (χ0n) is 43.4. The Labute approximate surface area is 444 Å². The Hall–Kier alpha value is -6.07. The summed E-state index contributed by atoms with van der Waals surface area (Å²) in [5.41, 5.74) is 1.01. The van der Waals surface area contributed by atoms with Crippen LogP contribution in [0.2, 0.25) is 0 Å². The van der Waals surface area contributed by atoms with E-state index in [2.05, 4.69) is 9.80 Å². The first-order chi connectivity index (χ1) is 37.2. The molecule has 10 atom stereocenters. The number of nitrogens with one attached hydrogen (secondary N) is 2. The van der Waals surface area contributed by atoms with Crippen LogP contribution in [0.5, 0.6) is 23.0 Å². The van der Waals surface area contributed by atoms with E-state index >= 15 is 0 Å². The summed E-state index contributed by atoms with van der Waals surface area (Å²) in [6.45, 7) is 5.81. The van der Waals surface area contributed by atoms with Crippen LogP contribution in [-0.4, -0.2) is 124 Å². The van der Waals surface area contributed by atoms with Gasteiger partial charge in [-0.25, -0.2) is 0 Å². The Morgan fingerprint density at radius 2 is 0.711 bits per heavy atom. The van der Waals surface area contributed by atoms with Crippen molar-refractivity contribution in [2.45, 2.75) is 114 Å². The number of piperidine rings is 8. The number of hydrogen-bond acceptors (Lipinski definition) is 14. The normalized spacial score (nSPS) is 32.4. The van der Waals surface area contributed by atoms with Gasteiger partial charge in [0.2, 0.25) is 0 Å². The molecule has 12 aliphatic rings. The van der Waals surface area contributed by atoms with Gasteiger partial charge in [0, 0.05) is 48.8 Å². The monoisotopic (exact) mass is 1040 g/mol. The average Bonchev–Trinajstić information content (AvgIpc) is 3.46. The van der Waals surface area contributed by atoms with Crippen molar-refractivity contribution in [2.24, 2.45) is 23.7 Å². The van der Waals surface area contributed by atoms with Crippen molar-refractivity contribution in [1.82, 2.24) is 9.80 Å². The van der Waals surface area contributed by atoms with Gasteiger partial charge >= 0.3 is 37.8 Å². The first kappa shape index (κ1) is 49.5. The molecular weight excluding hydrogens is 966 g/mol. The van der Waals surface area contributed by atoms with Gasteiger partial charge in [0.25, 0.3) is 0 Å². The molecule has 400 valence electrons. The molecule has 4 bridgehead atoms. The molecule has 0 aliphatic carbocycles. The lowest BCUT2D eigenvalue weighted by Gasteiger charge is -2.54. The van der Waals surface area contributed by atoms with E-state index in [1.165, 1.54) is 129 Å². The smallest absolute Gasteiger partial charge is 0.610 e. The number of nitrogens with zero attached hydrogens (tertiary/aromatic N) is 2. The molecule has 4 aromatic carbocycles. The maximum atomic E-state index is 12.0. The number of quaternary nitrogens is 2. The first-order valence-electron chi connectivity index (χ1n) is 28.6. The highest BCUT2D eigenvalue weighted by atomic mass is 16.9. The third-order valence-corrected chi connectivity index (χ3v) is 18.8. The average molecular weight is 1040 g/mol. The van der Waals surface area contributed by atoms with Gasteiger partial charge < -0.3 is 47.0 Å². The Kier molecular flexibility index (Phi) is 13.5. The zero-order valence-corrected chi connectivity index (χ0v) is 43.4. The highest BCUT2D eigenvalue weighted by Crippen LogP contribution is 2.41.